The summed E-state index contributed by atoms with van der Waals surface area (Å²) in [5.41, 5.74) is 2.84. The summed E-state index contributed by atoms with van der Waals surface area (Å²) in [4.78, 5) is 10.7. The van der Waals surface area contributed by atoms with E-state index in [-0.39, 0.29) is 11.7 Å². The zero-order valence-electron chi connectivity index (χ0n) is 16.5. The minimum absolute atomic E-state index is 0.0346. The van der Waals surface area contributed by atoms with Gasteiger partial charge in [-0.15, -0.1) is 0 Å². The van der Waals surface area contributed by atoms with Gasteiger partial charge in [0.25, 0.3) is 5.69 Å². The average molecular weight is 499 g/mol. The first kappa shape index (κ1) is 20.0. The quantitative estimate of drug-likeness (QED) is 0.308. The number of halogens is 2. The van der Waals surface area contributed by atoms with Gasteiger partial charge in [-0.25, -0.2) is 5.01 Å². The van der Waals surface area contributed by atoms with Gasteiger partial charge in [-0.1, -0.05) is 39.7 Å². The largest absolute Gasteiger partial charge is 0.462 e. The fourth-order valence-corrected chi connectivity index (χ4v) is 4.62. The average Bonchev–Trinajstić information content (AvgIpc) is 3.22. The minimum Gasteiger partial charge on any atom is -0.462 e. The molecule has 0 aliphatic carbocycles. The highest BCUT2D eigenvalue weighted by atomic mass is 79.9. The van der Waals surface area contributed by atoms with E-state index in [1.807, 2.05) is 48.3 Å². The summed E-state index contributed by atoms with van der Waals surface area (Å²) in [7, 11) is 0. The molecule has 0 unspecified atom stereocenters. The van der Waals surface area contributed by atoms with Crippen molar-refractivity contribution >= 4 is 38.9 Å². The van der Waals surface area contributed by atoms with Gasteiger partial charge in [0.1, 0.15) is 5.75 Å². The van der Waals surface area contributed by atoms with E-state index in [1.165, 1.54) is 12.1 Å². The number of hydrogen-bond donors (Lipinski definition) is 0. The molecule has 5 rings (SSSR count). The minimum atomic E-state index is -0.933. The Morgan fingerprint density at radius 3 is 2.55 bits per heavy atom. The number of nitro benzene ring substituents is 1. The van der Waals surface area contributed by atoms with Gasteiger partial charge in [-0.3, -0.25) is 10.1 Å². The van der Waals surface area contributed by atoms with Crippen molar-refractivity contribution in [2.75, 3.05) is 0 Å². The maximum atomic E-state index is 11.1. The molecule has 0 N–H and O–H groups in total. The first-order valence-electron chi connectivity index (χ1n) is 9.71. The second kappa shape index (κ2) is 7.35. The summed E-state index contributed by atoms with van der Waals surface area (Å²) >= 11 is 9.77. The molecule has 31 heavy (non-hydrogen) atoms. The lowest BCUT2D eigenvalue weighted by molar-refractivity contribution is -0.384. The molecule has 2 heterocycles. The lowest BCUT2D eigenvalue weighted by Gasteiger charge is -2.46. The molecule has 0 aromatic heterocycles. The van der Waals surface area contributed by atoms with Crippen LogP contribution in [0.25, 0.3) is 0 Å². The van der Waals surface area contributed by atoms with E-state index >= 15 is 0 Å². The second-order valence-electron chi connectivity index (χ2n) is 7.69. The Bertz CT molecular complexity index is 1210. The molecule has 6 nitrogen and oxygen atoms in total. The van der Waals surface area contributed by atoms with E-state index in [0.717, 1.165) is 32.6 Å². The lowest BCUT2D eigenvalue weighted by atomic mass is 9.92. The third-order valence-electron chi connectivity index (χ3n) is 5.78. The molecular weight excluding hydrogens is 482 g/mol. The second-order valence-corrected chi connectivity index (χ2v) is 9.04. The van der Waals surface area contributed by atoms with Crippen molar-refractivity contribution in [1.82, 2.24) is 5.01 Å². The number of nitro groups is 1. The molecule has 156 valence electrons. The van der Waals surface area contributed by atoms with Gasteiger partial charge in [0.2, 0.25) is 5.72 Å². The molecule has 2 aliphatic rings. The molecule has 0 fully saturated rings. The number of ether oxygens (including phenoxy) is 1. The van der Waals surface area contributed by atoms with Crippen molar-refractivity contribution < 1.29 is 9.66 Å². The Labute approximate surface area is 192 Å². The maximum Gasteiger partial charge on any atom is 0.269 e. The zero-order chi connectivity index (χ0) is 21.8. The molecule has 0 amide bonds. The van der Waals surface area contributed by atoms with Crippen LogP contribution in [0.15, 0.2) is 76.3 Å². The highest BCUT2D eigenvalue weighted by molar-refractivity contribution is 9.10. The van der Waals surface area contributed by atoms with Crippen molar-refractivity contribution in [2.24, 2.45) is 5.10 Å². The van der Waals surface area contributed by atoms with Crippen molar-refractivity contribution in [2.45, 2.75) is 25.1 Å². The first-order chi connectivity index (χ1) is 14.8. The van der Waals surface area contributed by atoms with E-state index in [9.17, 15) is 10.1 Å². The fraction of sp³-hybridized carbons (Fsp3) is 0.174. The zero-order valence-corrected chi connectivity index (χ0v) is 18.8. The van der Waals surface area contributed by atoms with Gasteiger partial charge in [-0.05, 0) is 48.0 Å². The molecule has 2 aliphatic heterocycles. The molecular formula is C23H17BrClN3O3. The molecule has 0 radical (unpaired) electrons. The van der Waals surface area contributed by atoms with Crippen LogP contribution >= 0.6 is 27.5 Å². The number of hydrazone groups is 1. The van der Waals surface area contributed by atoms with Crippen LogP contribution in [-0.2, 0) is 5.72 Å². The van der Waals surface area contributed by atoms with Crippen LogP contribution < -0.4 is 4.74 Å². The van der Waals surface area contributed by atoms with Gasteiger partial charge in [0.15, 0.2) is 0 Å². The summed E-state index contributed by atoms with van der Waals surface area (Å²) < 4.78 is 7.46. The molecule has 2 atom stereocenters. The monoisotopic (exact) mass is 497 g/mol. The molecule has 0 spiro atoms. The van der Waals surface area contributed by atoms with Gasteiger partial charge in [-0.2, -0.15) is 5.10 Å². The van der Waals surface area contributed by atoms with E-state index in [1.54, 1.807) is 18.2 Å². The smallest absolute Gasteiger partial charge is 0.269 e. The van der Waals surface area contributed by atoms with Crippen LogP contribution in [0.5, 0.6) is 5.75 Å². The molecule has 8 heteroatoms. The van der Waals surface area contributed by atoms with Crippen molar-refractivity contribution in [3.05, 3.63) is 103 Å². The fourth-order valence-electron chi connectivity index (χ4n) is 4.18. The molecule has 0 saturated carbocycles. The lowest BCUT2D eigenvalue weighted by Crippen LogP contribution is -2.48. The Kier molecular flexibility index (Phi) is 4.75. The first-order valence-corrected chi connectivity index (χ1v) is 10.9. The third kappa shape index (κ3) is 3.38. The van der Waals surface area contributed by atoms with Gasteiger partial charge < -0.3 is 4.74 Å². The summed E-state index contributed by atoms with van der Waals surface area (Å²) in [5.74, 6) is 0.735. The van der Waals surface area contributed by atoms with E-state index in [2.05, 4.69) is 15.9 Å². The van der Waals surface area contributed by atoms with E-state index in [0.29, 0.717) is 11.4 Å². The molecule has 0 bridgehead atoms. The van der Waals surface area contributed by atoms with E-state index in [4.69, 9.17) is 21.4 Å². The Hall–Kier alpha value is -2.90. The van der Waals surface area contributed by atoms with Crippen LogP contribution in [0.3, 0.4) is 0 Å². The Balaban J connectivity index is 1.63. The standard InChI is InChI=1S/C23H17BrClN3O3/c1-23(15-4-9-18(10-5-15)28(29)30)27-21(19-12-17(25)8-11-22(19)31-23)13-20(26-27)14-2-6-16(24)7-3-14/h2-12,21H,13H2,1H3/t21-,23-/m0/s1. The summed E-state index contributed by atoms with van der Waals surface area (Å²) in [5, 5.41) is 18.6. The Morgan fingerprint density at radius 2 is 1.87 bits per heavy atom. The molecule has 0 saturated heterocycles. The number of fused-ring (bicyclic) bond motifs is 3. The number of non-ortho nitro benzene ring substituents is 1. The third-order valence-corrected chi connectivity index (χ3v) is 6.54. The van der Waals surface area contributed by atoms with Crippen LogP contribution in [0, 0.1) is 10.1 Å². The summed E-state index contributed by atoms with van der Waals surface area (Å²) in [6, 6.07) is 20.0. The highest BCUT2D eigenvalue weighted by Gasteiger charge is 2.49. The van der Waals surface area contributed by atoms with Crippen LogP contribution in [0.2, 0.25) is 5.02 Å². The van der Waals surface area contributed by atoms with Gasteiger partial charge >= 0.3 is 0 Å². The predicted molar refractivity (Wildman–Crippen MR) is 122 cm³/mol. The normalized spacial score (nSPS) is 21.7. The molecule has 3 aromatic rings. The van der Waals surface area contributed by atoms with Crippen LogP contribution in [0.1, 0.15) is 36.1 Å². The molecule has 3 aromatic carbocycles. The van der Waals surface area contributed by atoms with Gasteiger partial charge in [0, 0.05) is 46.1 Å². The maximum absolute atomic E-state index is 11.1. The number of rotatable bonds is 3. The predicted octanol–water partition coefficient (Wildman–Crippen LogP) is 6.43. The van der Waals surface area contributed by atoms with Crippen molar-refractivity contribution in [1.29, 1.82) is 0 Å². The topological polar surface area (TPSA) is 68.0 Å². The van der Waals surface area contributed by atoms with Crippen molar-refractivity contribution in [3.8, 4) is 5.75 Å². The summed E-state index contributed by atoms with van der Waals surface area (Å²) in [6.07, 6.45) is 0.695. The number of benzene rings is 3. The van der Waals surface area contributed by atoms with Crippen LogP contribution in [0.4, 0.5) is 5.69 Å². The van der Waals surface area contributed by atoms with E-state index < -0.39 is 10.6 Å². The van der Waals surface area contributed by atoms with Crippen molar-refractivity contribution in [3.63, 3.8) is 0 Å². The highest BCUT2D eigenvalue weighted by Crippen LogP contribution is 2.51. The summed E-state index contributed by atoms with van der Waals surface area (Å²) in [6.45, 7) is 1.94. The SMILES string of the molecule is C[C@@]1(c2ccc([N+](=O)[O-])cc2)Oc2ccc(Cl)cc2[C@@H]2CC(c3ccc(Br)cc3)=NN21. The number of hydrogen-bond acceptors (Lipinski definition) is 5. The number of nitrogens with zero attached hydrogens (tertiary/aromatic N) is 3. The van der Waals surface area contributed by atoms with Gasteiger partial charge in [0.05, 0.1) is 16.7 Å². The Morgan fingerprint density at radius 1 is 1.16 bits per heavy atom. The van der Waals surface area contributed by atoms with Crippen LogP contribution in [-0.4, -0.2) is 15.6 Å².